The van der Waals surface area contributed by atoms with Crippen molar-refractivity contribution in [2.24, 2.45) is 0 Å². The van der Waals surface area contributed by atoms with Crippen LogP contribution >= 0.6 is 0 Å². The minimum Gasteiger partial charge on any atom is -0.399 e. The fourth-order valence-corrected chi connectivity index (χ4v) is 3.81. The zero-order valence-electron chi connectivity index (χ0n) is 16.4. The largest absolute Gasteiger partial charge is 0.399 e. The molecule has 5 aromatic rings. The Morgan fingerprint density at radius 2 is 1.10 bits per heavy atom. The highest BCUT2D eigenvalue weighted by molar-refractivity contribution is 6.10. The molecule has 0 aliphatic carbocycles. The third-order valence-electron chi connectivity index (χ3n) is 5.29. The molecule has 0 fully saturated rings. The summed E-state index contributed by atoms with van der Waals surface area (Å²) in [5.74, 6) is 0. The molecule has 0 unspecified atom stereocenters. The van der Waals surface area contributed by atoms with Crippen molar-refractivity contribution in [3.8, 4) is 11.1 Å². The maximum Gasteiger partial charge on any atom is 0.0717 e. The SMILES string of the molecule is Nc1ccc2nc3ccc(N)cc3c(-c3ccc(C=Cc4ccccc4)cc3)c2c1. The molecule has 0 radical (unpaired) electrons. The van der Waals surface area contributed by atoms with Crippen LogP contribution in [-0.2, 0) is 0 Å². The van der Waals surface area contributed by atoms with Crippen molar-refractivity contribution in [3.63, 3.8) is 0 Å². The van der Waals surface area contributed by atoms with Crippen molar-refractivity contribution >= 4 is 45.3 Å². The summed E-state index contributed by atoms with van der Waals surface area (Å²) < 4.78 is 0. The monoisotopic (exact) mass is 387 g/mol. The molecule has 0 amide bonds. The lowest BCUT2D eigenvalue weighted by atomic mass is 9.95. The molecule has 30 heavy (non-hydrogen) atoms. The molecule has 0 spiro atoms. The van der Waals surface area contributed by atoms with Gasteiger partial charge in [-0.05, 0) is 53.1 Å². The van der Waals surface area contributed by atoms with Gasteiger partial charge >= 0.3 is 0 Å². The Balaban J connectivity index is 1.65. The van der Waals surface area contributed by atoms with E-state index in [1.54, 1.807) is 0 Å². The number of anilines is 2. The van der Waals surface area contributed by atoms with Gasteiger partial charge in [0.25, 0.3) is 0 Å². The zero-order chi connectivity index (χ0) is 20.5. The highest BCUT2D eigenvalue weighted by atomic mass is 14.7. The van der Waals surface area contributed by atoms with Gasteiger partial charge in [0.05, 0.1) is 11.0 Å². The number of aromatic nitrogens is 1. The number of rotatable bonds is 3. The Labute approximate surface area is 175 Å². The van der Waals surface area contributed by atoms with E-state index in [0.29, 0.717) is 0 Å². The Hall–Kier alpha value is -4.11. The predicted octanol–water partition coefficient (Wildman–Crippen LogP) is 6.39. The maximum atomic E-state index is 6.10. The lowest BCUT2D eigenvalue weighted by molar-refractivity contribution is 1.49. The van der Waals surface area contributed by atoms with Crippen LogP contribution in [0.2, 0.25) is 0 Å². The Morgan fingerprint density at radius 3 is 1.67 bits per heavy atom. The second-order valence-corrected chi connectivity index (χ2v) is 7.41. The zero-order valence-corrected chi connectivity index (χ0v) is 16.4. The number of hydrogen-bond donors (Lipinski definition) is 2. The summed E-state index contributed by atoms with van der Waals surface area (Å²) in [6.07, 6.45) is 4.24. The summed E-state index contributed by atoms with van der Waals surface area (Å²) in [7, 11) is 0. The van der Waals surface area contributed by atoms with E-state index in [0.717, 1.165) is 49.9 Å². The molecule has 1 heterocycles. The first-order valence-electron chi connectivity index (χ1n) is 9.89. The fraction of sp³-hybridized carbons (Fsp3) is 0. The quantitative estimate of drug-likeness (QED) is 0.214. The number of nitrogen functional groups attached to an aromatic ring is 2. The van der Waals surface area contributed by atoms with Gasteiger partial charge in [0.2, 0.25) is 0 Å². The molecule has 144 valence electrons. The topological polar surface area (TPSA) is 64.9 Å². The highest BCUT2D eigenvalue weighted by Crippen LogP contribution is 2.36. The van der Waals surface area contributed by atoms with Gasteiger partial charge in [-0.15, -0.1) is 0 Å². The number of pyridine rings is 1. The molecule has 0 aliphatic heterocycles. The minimum absolute atomic E-state index is 0.719. The molecule has 0 saturated carbocycles. The first-order chi connectivity index (χ1) is 14.7. The summed E-state index contributed by atoms with van der Waals surface area (Å²) in [4.78, 5) is 4.80. The van der Waals surface area contributed by atoms with E-state index in [-0.39, 0.29) is 0 Å². The second kappa shape index (κ2) is 7.37. The van der Waals surface area contributed by atoms with Gasteiger partial charge in [0, 0.05) is 27.7 Å². The first kappa shape index (κ1) is 18.0. The lowest BCUT2D eigenvalue weighted by Crippen LogP contribution is -1.93. The number of hydrogen-bond acceptors (Lipinski definition) is 3. The molecule has 0 bridgehead atoms. The molecule has 5 rings (SSSR count). The van der Waals surface area contributed by atoms with Gasteiger partial charge in [0.1, 0.15) is 0 Å². The third kappa shape index (κ3) is 3.38. The number of benzene rings is 4. The minimum atomic E-state index is 0.719. The molecular formula is C27H21N3. The molecule has 0 saturated heterocycles. The van der Waals surface area contributed by atoms with Crippen molar-refractivity contribution < 1.29 is 0 Å². The molecule has 4 N–H and O–H groups in total. The average Bonchev–Trinajstić information content (AvgIpc) is 2.77. The normalized spacial score (nSPS) is 11.5. The number of nitrogens with zero attached hydrogens (tertiary/aromatic N) is 1. The maximum absolute atomic E-state index is 6.10. The summed E-state index contributed by atoms with van der Waals surface area (Å²) in [6, 6.07) is 30.5. The van der Waals surface area contributed by atoms with Crippen molar-refractivity contribution in [2.45, 2.75) is 0 Å². The van der Waals surface area contributed by atoms with E-state index >= 15 is 0 Å². The molecule has 3 nitrogen and oxygen atoms in total. The number of nitrogens with two attached hydrogens (primary N) is 2. The Morgan fingerprint density at radius 1 is 0.567 bits per heavy atom. The molecule has 3 heteroatoms. The molecule has 4 aromatic carbocycles. The van der Waals surface area contributed by atoms with Crippen LogP contribution in [0.1, 0.15) is 11.1 Å². The van der Waals surface area contributed by atoms with Gasteiger partial charge in [0.15, 0.2) is 0 Å². The van der Waals surface area contributed by atoms with Crippen LogP contribution in [-0.4, -0.2) is 4.98 Å². The van der Waals surface area contributed by atoms with Gasteiger partial charge in [-0.3, -0.25) is 0 Å². The van der Waals surface area contributed by atoms with Crippen molar-refractivity contribution in [2.75, 3.05) is 11.5 Å². The molecular weight excluding hydrogens is 366 g/mol. The lowest BCUT2D eigenvalue weighted by Gasteiger charge is -2.13. The Kier molecular flexibility index (Phi) is 4.41. The van der Waals surface area contributed by atoms with Gasteiger partial charge < -0.3 is 11.5 Å². The van der Waals surface area contributed by atoms with E-state index in [1.807, 2.05) is 54.6 Å². The van der Waals surface area contributed by atoms with Crippen LogP contribution < -0.4 is 11.5 Å². The van der Waals surface area contributed by atoms with Crippen LogP contribution in [0.25, 0.3) is 45.1 Å². The van der Waals surface area contributed by atoms with E-state index in [9.17, 15) is 0 Å². The van der Waals surface area contributed by atoms with Gasteiger partial charge in [-0.2, -0.15) is 0 Å². The van der Waals surface area contributed by atoms with E-state index in [1.165, 1.54) is 5.56 Å². The van der Waals surface area contributed by atoms with Gasteiger partial charge in [-0.1, -0.05) is 66.7 Å². The third-order valence-corrected chi connectivity index (χ3v) is 5.29. The summed E-state index contributed by atoms with van der Waals surface area (Å²) in [5, 5.41) is 2.06. The summed E-state index contributed by atoms with van der Waals surface area (Å²) in [6.45, 7) is 0. The van der Waals surface area contributed by atoms with Crippen LogP contribution in [0.5, 0.6) is 0 Å². The van der Waals surface area contributed by atoms with Crippen LogP contribution in [0.3, 0.4) is 0 Å². The molecule has 0 aliphatic rings. The van der Waals surface area contributed by atoms with Crippen molar-refractivity contribution in [3.05, 3.63) is 102 Å². The summed E-state index contributed by atoms with van der Waals surface area (Å²) in [5.41, 5.74) is 20.0. The van der Waals surface area contributed by atoms with E-state index < -0.39 is 0 Å². The fourth-order valence-electron chi connectivity index (χ4n) is 3.81. The predicted molar refractivity (Wildman–Crippen MR) is 129 cm³/mol. The second-order valence-electron chi connectivity index (χ2n) is 7.41. The Bertz CT molecular complexity index is 1330. The first-order valence-corrected chi connectivity index (χ1v) is 9.89. The van der Waals surface area contributed by atoms with Crippen molar-refractivity contribution in [1.82, 2.24) is 4.98 Å². The smallest absolute Gasteiger partial charge is 0.0717 e. The van der Waals surface area contributed by atoms with Gasteiger partial charge in [-0.25, -0.2) is 4.98 Å². The molecule has 1 aromatic heterocycles. The average molecular weight is 387 g/mol. The summed E-state index contributed by atoms with van der Waals surface area (Å²) >= 11 is 0. The standard InChI is InChI=1S/C27H21N3/c28-21-12-14-25-23(16-21)27(24-17-22(29)13-15-26(24)30-25)20-10-8-19(9-11-20)7-6-18-4-2-1-3-5-18/h1-17H,28-29H2. The van der Waals surface area contributed by atoms with Crippen LogP contribution in [0.15, 0.2) is 91.0 Å². The van der Waals surface area contributed by atoms with Crippen LogP contribution in [0.4, 0.5) is 11.4 Å². The van der Waals surface area contributed by atoms with Crippen LogP contribution in [0, 0.1) is 0 Å². The number of fused-ring (bicyclic) bond motifs is 2. The van der Waals surface area contributed by atoms with E-state index in [2.05, 4.69) is 48.6 Å². The van der Waals surface area contributed by atoms with Crippen molar-refractivity contribution in [1.29, 1.82) is 0 Å². The molecule has 0 atom stereocenters. The van der Waals surface area contributed by atoms with E-state index in [4.69, 9.17) is 16.5 Å². The highest BCUT2D eigenvalue weighted by Gasteiger charge is 2.12.